The summed E-state index contributed by atoms with van der Waals surface area (Å²) >= 11 is 3.48. The second-order valence-corrected chi connectivity index (χ2v) is 8.66. The quantitative estimate of drug-likeness (QED) is 0.774. The molecule has 6 nitrogen and oxygen atoms in total. The van der Waals surface area contributed by atoms with Crippen LogP contribution in [0.15, 0.2) is 4.47 Å². The zero-order valence-electron chi connectivity index (χ0n) is 15.7. The normalized spacial score (nSPS) is 19.8. The largest absolute Gasteiger partial charge is 0.348 e. The molecule has 1 aliphatic heterocycles. The molecule has 0 atom stereocenters. The fourth-order valence-corrected chi connectivity index (χ4v) is 4.80. The number of piperidine rings is 1. The molecule has 1 saturated carbocycles. The van der Waals surface area contributed by atoms with Gasteiger partial charge in [-0.15, -0.1) is 0 Å². The molecule has 1 saturated heterocycles. The van der Waals surface area contributed by atoms with Crippen LogP contribution in [0.5, 0.6) is 0 Å². The molecule has 7 heteroatoms. The number of aromatic amines is 1. The molecule has 1 aliphatic carbocycles. The zero-order valence-corrected chi connectivity index (χ0v) is 17.3. The molecule has 0 unspecified atom stereocenters. The van der Waals surface area contributed by atoms with Crippen molar-refractivity contribution >= 4 is 27.7 Å². The van der Waals surface area contributed by atoms with Crippen molar-refractivity contribution in [3.63, 3.8) is 0 Å². The minimum Gasteiger partial charge on any atom is -0.348 e. The Morgan fingerprint density at radius 1 is 1.15 bits per heavy atom. The molecule has 2 fully saturated rings. The van der Waals surface area contributed by atoms with Crippen LogP contribution >= 0.6 is 15.9 Å². The highest BCUT2D eigenvalue weighted by Gasteiger charge is 2.30. The van der Waals surface area contributed by atoms with Gasteiger partial charge < -0.3 is 10.2 Å². The molecule has 1 aromatic heterocycles. The Morgan fingerprint density at radius 2 is 1.81 bits per heavy atom. The lowest BCUT2D eigenvalue weighted by Crippen LogP contribution is -2.48. The molecular weight excluding hydrogens is 396 g/mol. The summed E-state index contributed by atoms with van der Waals surface area (Å²) in [5, 5.41) is 10.2. The monoisotopic (exact) mass is 424 g/mol. The number of hydrogen-bond acceptors (Lipinski definition) is 3. The number of halogens is 1. The summed E-state index contributed by atoms with van der Waals surface area (Å²) < 4.78 is 0.745. The number of carbonyl (C=O) groups is 2. The van der Waals surface area contributed by atoms with Gasteiger partial charge in [-0.2, -0.15) is 5.10 Å². The Bertz CT molecular complexity index is 644. The fraction of sp³-hybridized carbons (Fsp3) is 0.737. The molecule has 0 spiro atoms. The standard InChI is InChI=1S/C19H29BrN4O2/c1-12(2)16-15(20)17(23-22-16)18(25)21-14-8-10-24(11-9-14)19(26)13-6-4-3-5-7-13/h12-14H,3-11H2,1-2H3,(H,21,25)(H,22,23). The molecule has 26 heavy (non-hydrogen) atoms. The molecule has 0 bridgehead atoms. The number of likely N-dealkylation sites (tertiary alicyclic amines) is 1. The Labute approximate surface area is 163 Å². The predicted octanol–water partition coefficient (Wildman–Crippen LogP) is 3.60. The van der Waals surface area contributed by atoms with Gasteiger partial charge in [-0.25, -0.2) is 0 Å². The number of amides is 2. The SMILES string of the molecule is CC(C)c1[nH]nc(C(=O)NC2CCN(C(=O)C3CCCCC3)CC2)c1Br. The molecule has 0 radical (unpaired) electrons. The minimum absolute atomic E-state index is 0.101. The van der Waals surface area contributed by atoms with Crippen molar-refractivity contribution in [2.45, 2.75) is 70.8 Å². The van der Waals surface area contributed by atoms with Crippen LogP contribution in [-0.4, -0.2) is 46.0 Å². The molecule has 144 valence electrons. The van der Waals surface area contributed by atoms with Gasteiger partial charge in [-0.05, 0) is 47.5 Å². The van der Waals surface area contributed by atoms with Crippen molar-refractivity contribution in [1.29, 1.82) is 0 Å². The lowest BCUT2D eigenvalue weighted by molar-refractivity contribution is -0.137. The number of H-pyrrole nitrogens is 1. The van der Waals surface area contributed by atoms with Crippen LogP contribution in [-0.2, 0) is 4.79 Å². The summed E-state index contributed by atoms with van der Waals surface area (Å²) in [4.78, 5) is 27.2. The van der Waals surface area contributed by atoms with E-state index in [9.17, 15) is 9.59 Å². The summed E-state index contributed by atoms with van der Waals surface area (Å²) in [5.74, 6) is 0.667. The lowest BCUT2D eigenvalue weighted by Gasteiger charge is -2.35. The van der Waals surface area contributed by atoms with E-state index in [1.807, 2.05) is 4.90 Å². The van der Waals surface area contributed by atoms with E-state index in [1.165, 1.54) is 19.3 Å². The third-order valence-electron chi connectivity index (χ3n) is 5.62. The van der Waals surface area contributed by atoms with Crippen LogP contribution in [0.25, 0.3) is 0 Å². The third kappa shape index (κ3) is 4.30. The summed E-state index contributed by atoms with van der Waals surface area (Å²) in [6, 6.07) is 0.101. The van der Waals surface area contributed by atoms with Gasteiger partial charge in [0.2, 0.25) is 5.91 Å². The van der Waals surface area contributed by atoms with E-state index in [4.69, 9.17) is 0 Å². The van der Waals surface area contributed by atoms with E-state index in [1.54, 1.807) is 0 Å². The summed E-state index contributed by atoms with van der Waals surface area (Å²) in [5.41, 5.74) is 1.34. The summed E-state index contributed by atoms with van der Waals surface area (Å²) in [7, 11) is 0. The Hall–Kier alpha value is -1.37. The number of nitrogens with one attached hydrogen (secondary N) is 2. The molecule has 3 rings (SSSR count). The predicted molar refractivity (Wildman–Crippen MR) is 104 cm³/mol. The third-order valence-corrected chi connectivity index (χ3v) is 6.42. The maximum atomic E-state index is 12.6. The van der Waals surface area contributed by atoms with Crippen molar-refractivity contribution in [2.75, 3.05) is 13.1 Å². The second-order valence-electron chi connectivity index (χ2n) is 7.86. The Balaban J connectivity index is 1.50. The molecule has 1 aromatic rings. The van der Waals surface area contributed by atoms with Crippen molar-refractivity contribution in [3.8, 4) is 0 Å². The van der Waals surface area contributed by atoms with E-state index < -0.39 is 0 Å². The van der Waals surface area contributed by atoms with E-state index in [2.05, 4.69) is 45.3 Å². The highest BCUT2D eigenvalue weighted by molar-refractivity contribution is 9.10. The van der Waals surface area contributed by atoms with Crippen LogP contribution in [0.2, 0.25) is 0 Å². The van der Waals surface area contributed by atoms with Crippen molar-refractivity contribution in [1.82, 2.24) is 20.4 Å². The first-order valence-corrected chi connectivity index (χ1v) is 10.6. The number of aromatic nitrogens is 2. The average Bonchev–Trinajstić information content (AvgIpc) is 3.04. The maximum absolute atomic E-state index is 12.6. The first kappa shape index (κ1) is 19.4. The number of rotatable bonds is 4. The molecule has 0 aromatic carbocycles. The molecule has 2 aliphatic rings. The van der Waals surface area contributed by atoms with Gasteiger partial charge in [0.25, 0.3) is 5.91 Å². The van der Waals surface area contributed by atoms with Gasteiger partial charge in [0, 0.05) is 25.0 Å². The topological polar surface area (TPSA) is 78.1 Å². The van der Waals surface area contributed by atoms with E-state index in [0.29, 0.717) is 11.6 Å². The highest BCUT2D eigenvalue weighted by Crippen LogP contribution is 2.27. The first-order valence-electron chi connectivity index (χ1n) is 9.80. The van der Waals surface area contributed by atoms with Gasteiger partial charge in [0.1, 0.15) is 0 Å². The number of nitrogens with zero attached hydrogens (tertiary/aromatic N) is 2. The maximum Gasteiger partial charge on any atom is 0.273 e. The van der Waals surface area contributed by atoms with E-state index >= 15 is 0 Å². The summed E-state index contributed by atoms with van der Waals surface area (Å²) in [6.45, 7) is 5.58. The highest BCUT2D eigenvalue weighted by atomic mass is 79.9. The van der Waals surface area contributed by atoms with Gasteiger partial charge in [0.15, 0.2) is 5.69 Å². The molecule has 2 heterocycles. The Morgan fingerprint density at radius 3 is 2.38 bits per heavy atom. The van der Waals surface area contributed by atoms with E-state index in [-0.39, 0.29) is 23.8 Å². The van der Waals surface area contributed by atoms with Crippen LogP contribution in [0.4, 0.5) is 0 Å². The van der Waals surface area contributed by atoms with Crippen LogP contribution in [0.3, 0.4) is 0 Å². The number of carbonyl (C=O) groups excluding carboxylic acids is 2. The summed E-state index contributed by atoms with van der Waals surface area (Å²) in [6.07, 6.45) is 7.33. The minimum atomic E-state index is -0.155. The fourth-order valence-electron chi connectivity index (χ4n) is 3.98. The second kappa shape index (κ2) is 8.55. The zero-order chi connectivity index (χ0) is 18.7. The van der Waals surface area contributed by atoms with Gasteiger partial charge >= 0.3 is 0 Å². The van der Waals surface area contributed by atoms with E-state index in [0.717, 1.165) is 48.9 Å². The molecule has 2 amide bonds. The first-order chi connectivity index (χ1) is 12.5. The lowest BCUT2D eigenvalue weighted by atomic mass is 9.87. The van der Waals surface area contributed by atoms with Crippen LogP contribution < -0.4 is 5.32 Å². The van der Waals surface area contributed by atoms with Crippen molar-refractivity contribution < 1.29 is 9.59 Å². The van der Waals surface area contributed by atoms with Crippen molar-refractivity contribution in [2.24, 2.45) is 5.92 Å². The van der Waals surface area contributed by atoms with Crippen LogP contribution in [0, 0.1) is 5.92 Å². The average molecular weight is 425 g/mol. The van der Waals surface area contributed by atoms with Crippen molar-refractivity contribution in [3.05, 3.63) is 15.9 Å². The van der Waals surface area contributed by atoms with Gasteiger partial charge in [-0.3, -0.25) is 14.7 Å². The molecular formula is C19H29BrN4O2. The van der Waals surface area contributed by atoms with Crippen LogP contribution in [0.1, 0.15) is 80.9 Å². The smallest absolute Gasteiger partial charge is 0.273 e. The van der Waals surface area contributed by atoms with Gasteiger partial charge in [0.05, 0.1) is 10.2 Å². The Kier molecular flexibility index (Phi) is 6.37. The number of hydrogen-bond donors (Lipinski definition) is 2. The van der Waals surface area contributed by atoms with Gasteiger partial charge in [-0.1, -0.05) is 33.1 Å². The molecule has 2 N–H and O–H groups in total.